The molecule has 0 bridgehead atoms. The van der Waals surface area contributed by atoms with Crippen molar-refractivity contribution in [2.24, 2.45) is 0 Å². The van der Waals surface area contributed by atoms with E-state index in [1.54, 1.807) is 11.3 Å². The molecule has 0 unspecified atom stereocenters. The van der Waals surface area contributed by atoms with E-state index < -0.39 is 0 Å². The van der Waals surface area contributed by atoms with E-state index in [1.165, 1.54) is 11.3 Å². The van der Waals surface area contributed by atoms with Crippen LogP contribution in [0.5, 0.6) is 0 Å². The zero-order valence-corrected chi connectivity index (χ0v) is 13.4. The molecule has 20 heavy (non-hydrogen) atoms. The molecule has 5 heteroatoms. The van der Waals surface area contributed by atoms with Crippen molar-refractivity contribution >= 4 is 17.4 Å². The van der Waals surface area contributed by atoms with Crippen LogP contribution in [0.25, 0.3) is 0 Å². The molecule has 0 saturated heterocycles. The quantitative estimate of drug-likeness (QED) is 0.877. The van der Waals surface area contributed by atoms with Gasteiger partial charge in [-0.3, -0.25) is 0 Å². The fourth-order valence-corrected chi connectivity index (χ4v) is 3.50. The van der Waals surface area contributed by atoms with Gasteiger partial charge in [-0.25, -0.2) is 4.79 Å². The van der Waals surface area contributed by atoms with E-state index in [1.807, 2.05) is 0 Å². The number of carbonyl (C=O) groups excluding carboxylic acids is 1. The van der Waals surface area contributed by atoms with Crippen molar-refractivity contribution in [2.75, 3.05) is 20.6 Å². The largest absolute Gasteiger partial charge is 0.338 e. The third-order valence-electron chi connectivity index (χ3n) is 4.07. The van der Waals surface area contributed by atoms with E-state index in [-0.39, 0.29) is 6.03 Å². The molecular formula is C15H25N3OS. The fourth-order valence-electron chi connectivity index (χ4n) is 2.71. The topological polar surface area (TPSA) is 44.4 Å². The Kier molecular flexibility index (Phi) is 5.43. The standard InChI is InChI=1S/C15H25N3OS/c1-11(14-5-4-8-20-14)10-16-15(19)17-12-6-7-13(9-12)18(2)3/h4-5,8,11-13H,6-7,9-10H2,1-3H3,(H2,16,17,19)/t11-,12+,13+/m1/s1. The van der Waals surface area contributed by atoms with Crippen molar-refractivity contribution in [3.05, 3.63) is 22.4 Å². The van der Waals surface area contributed by atoms with Gasteiger partial charge >= 0.3 is 6.03 Å². The maximum absolute atomic E-state index is 11.9. The van der Waals surface area contributed by atoms with Gasteiger partial charge in [-0.1, -0.05) is 13.0 Å². The highest BCUT2D eigenvalue weighted by Gasteiger charge is 2.27. The predicted octanol–water partition coefficient (Wildman–Crippen LogP) is 2.63. The lowest BCUT2D eigenvalue weighted by Crippen LogP contribution is -2.42. The van der Waals surface area contributed by atoms with E-state index in [0.717, 1.165) is 12.8 Å². The molecule has 1 heterocycles. The third-order valence-corrected chi connectivity index (χ3v) is 5.17. The van der Waals surface area contributed by atoms with Gasteiger partial charge in [-0.2, -0.15) is 0 Å². The van der Waals surface area contributed by atoms with E-state index in [4.69, 9.17) is 0 Å². The maximum Gasteiger partial charge on any atom is 0.315 e. The smallest absolute Gasteiger partial charge is 0.315 e. The van der Waals surface area contributed by atoms with Crippen LogP contribution in [0, 0.1) is 0 Å². The average molecular weight is 295 g/mol. The molecule has 1 saturated carbocycles. The van der Waals surface area contributed by atoms with E-state index in [2.05, 4.69) is 54.1 Å². The Hall–Kier alpha value is -1.07. The van der Waals surface area contributed by atoms with E-state index >= 15 is 0 Å². The summed E-state index contributed by atoms with van der Waals surface area (Å²) < 4.78 is 0. The van der Waals surface area contributed by atoms with Gasteiger partial charge in [0.1, 0.15) is 0 Å². The minimum absolute atomic E-state index is 0.0298. The lowest BCUT2D eigenvalue weighted by atomic mass is 10.1. The summed E-state index contributed by atoms with van der Waals surface area (Å²) in [7, 11) is 4.21. The molecule has 112 valence electrons. The minimum atomic E-state index is -0.0298. The van der Waals surface area contributed by atoms with Crippen LogP contribution < -0.4 is 10.6 Å². The highest BCUT2D eigenvalue weighted by atomic mass is 32.1. The van der Waals surface area contributed by atoms with Crippen LogP contribution in [0.4, 0.5) is 4.79 Å². The van der Waals surface area contributed by atoms with Gasteiger partial charge in [0, 0.05) is 29.4 Å². The summed E-state index contributed by atoms with van der Waals surface area (Å²) in [4.78, 5) is 15.5. The van der Waals surface area contributed by atoms with Gasteiger partial charge in [-0.05, 0) is 44.8 Å². The van der Waals surface area contributed by atoms with Crippen molar-refractivity contribution in [3.8, 4) is 0 Å². The Morgan fingerprint density at radius 1 is 1.50 bits per heavy atom. The first-order valence-corrected chi connectivity index (χ1v) is 8.18. The molecule has 1 aromatic rings. The summed E-state index contributed by atoms with van der Waals surface area (Å²) in [6, 6.07) is 5.06. The summed E-state index contributed by atoms with van der Waals surface area (Å²) in [5, 5.41) is 8.15. The molecule has 0 spiro atoms. The van der Waals surface area contributed by atoms with Crippen LogP contribution in [-0.2, 0) is 0 Å². The number of hydrogen-bond donors (Lipinski definition) is 2. The van der Waals surface area contributed by atoms with Gasteiger partial charge < -0.3 is 15.5 Å². The average Bonchev–Trinajstić information content (AvgIpc) is 3.06. The van der Waals surface area contributed by atoms with Gasteiger partial charge in [0.05, 0.1) is 0 Å². The molecule has 1 fully saturated rings. The lowest BCUT2D eigenvalue weighted by molar-refractivity contribution is 0.235. The van der Waals surface area contributed by atoms with Crippen molar-refractivity contribution in [1.29, 1.82) is 0 Å². The number of nitrogens with one attached hydrogen (secondary N) is 2. The van der Waals surface area contributed by atoms with E-state index in [9.17, 15) is 4.79 Å². The number of thiophene rings is 1. The fraction of sp³-hybridized carbons (Fsp3) is 0.667. The zero-order chi connectivity index (χ0) is 14.5. The molecule has 1 aromatic heterocycles. The molecule has 1 aliphatic rings. The highest BCUT2D eigenvalue weighted by Crippen LogP contribution is 2.22. The van der Waals surface area contributed by atoms with E-state index in [0.29, 0.717) is 24.5 Å². The molecule has 3 atom stereocenters. The Bertz CT molecular complexity index is 419. The summed E-state index contributed by atoms with van der Waals surface area (Å²) in [5.74, 6) is 0.374. The molecule has 0 aromatic carbocycles. The van der Waals surface area contributed by atoms with Crippen LogP contribution in [0.3, 0.4) is 0 Å². The number of hydrogen-bond acceptors (Lipinski definition) is 3. The first kappa shape index (κ1) is 15.3. The Morgan fingerprint density at radius 2 is 2.30 bits per heavy atom. The van der Waals surface area contributed by atoms with Crippen LogP contribution in [-0.4, -0.2) is 43.7 Å². The lowest BCUT2D eigenvalue weighted by Gasteiger charge is -2.19. The second kappa shape index (κ2) is 7.09. The summed E-state index contributed by atoms with van der Waals surface area (Å²) in [5.41, 5.74) is 0. The van der Waals surface area contributed by atoms with Gasteiger partial charge in [0.15, 0.2) is 0 Å². The SMILES string of the molecule is C[C@H](CNC(=O)N[C@H]1CC[C@H](N(C)C)C1)c1cccs1. The number of urea groups is 1. The number of rotatable bonds is 5. The third kappa shape index (κ3) is 4.21. The van der Waals surface area contributed by atoms with Gasteiger partial charge in [-0.15, -0.1) is 11.3 Å². The predicted molar refractivity (Wildman–Crippen MR) is 84.4 cm³/mol. The second-order valence-corrected chi connectivity index (χ2v) is 6.88. The van der Waals surface area contributed by atoms with Crippen molar-refractivity contribution in [2.45, 2.75) is 44.2 Å². The molecule has 2 rings (SSSR count). The Morgan fingerprint density at radius 3 is 2.90 bits per heavy atom. The molecule has 0 aliphatic heterocycles. The van der Waals surface area contributed by atoms with Crippen molar-refractivity contribution in [1.82, 2.24) is 15.5 Å². The van der Waals surface area contributed by atoms with Crippen molar-refractivity contribution in [3.63, 3.8) is 0 Å². The molecular weight excluding hydrogens is 270 g/mol. The van der Waals surface area contributed by atoms with Crippen LogP contribution in [0.1, 0.15) is 37.0 Å². The Balaban J connectivity index is 1.68. The molecule has 2 N–H and O–H groups in total. The second-order valence-electron chi connectivity index (χ2n) is 5.90. The molecule has 0 radical (unpaired) electrons. The zero-order valence-electron chi connectivity index (χ0n) is 12.6. The number of nitrogens with zero attached hydrogens (tertiary/aromatic N) is 1. The first-order chi connectivity index (χ1) is 9.56. The molecule has 2 amide bonds. The summed E-state index contributed by atoms with van der Waals surface area (Å²) in [6.45, 7) is 2.83. The summed E-state index contributed by atoms with van der Waals surface area (Å²) >= 11 is 1.74. The van der Waals surface area contributed by atoms with Crippen LogP contribution in [0.15, 0.2) is 17.5 Å². The van der Waals surface area contributed by atoms with Crippen molar-refractivity contribution < 1.29 is 4.79 Å². The molecule has 4 nitrogen and oxygen atoms in total. The number of amides is 2. The summed E-state index contributed by atoms with van der Waals surface area (Å²) in [6.07, 6.45) is 3.31. The molecule has 1 aliphatic carbocycles. The monoisotopic (exact) mass is 295 g/mol. The highest BCUT2D eigenvalue weighted by molar-refractivity contribution is 7.10. The van der Waals surface area contributed by atoms with Gasteiger partial charge in [0.2, 0.25) is 0 Å². The maximum atomic E-state index is 11.9. The first-order valence-electron chi connectivity index (χ1n) is 7.30. The normalized spacial score (nSPS) is 23.8. The Labute approximate surface area is 125 Å². The minimum Gasteiger partial charge on any atom is -0.338 e. The van der Waals surface area contributed by atoms with Gasteiger partial charge in [0.25, 0.3) is 0 Å². The van der Waals surface area contributed by atoms with Crippen LogP contribution >= 0.6 is 11.3 Å². The van der Waals surface area contributed by atoms with Crippen LogP contribution in [0.2, 0.25) is 0 Å². The number of carbonyl (C=O) groups is 1.